The average molecular weight is 278 g/mol. The fourth-order valence-corrected chi connectivity index (χ4v) is 2.36. The molecule has 0 aliphatic rings. The molecule has 0 bridgehead atoms. The van der Waals surface area contributed by atoms with E-state index in [1.165, 1.54) is 6.42 Å². The van der Waals surface area contributed by atoms with Crippen molar-refractivity contribution in [3.8, 4) is 0 Å². The van der Waals surface area contributed by atoms with Crippen molar-refractivity contribution in [1.29, 1.82) is 0 Å². The number of imidazole rings is 1. The predicted molar refractivity (Wildman–Crippen MR) is 80.6 cm³/mol. The predicted octanol–water partition coefficient (Wildman–Crippen LogP) is 4.51. The van der Waals surface area contributed by atoms with E-state index in [1.54, 1.807) is 0 Å². The van der Waals surface area contributed by atoms with E-state index in [1.807, 2.05) is 36.7 Å². The Balaban J connectivity index is 2.09. The van der Waals surface area contributed by atoms with Crippen molar-refractivity contribution < 1.29 is 0 Å². The van der Waals surface area contributed by atoms with Crippen molar-refractivity contribution >= 4 is 17.5 Å². The minimum Gasteiger partial charge on any atom is -0.349 e. The van der Waals surface area contributed by atoms with Gasteiger partial charge in [0.1, 0.15) is 0 Å². The fraction of sp³-hybridized carbons (Fsp3) is 0.400. The number of aromatic nitrogens is 2. The van der Waals surface area contributed by atoms with Gasteiger partial charge in [-0.05, 0) is 25.0 Å². The Hall–Kier alpha value is -1.48. The maximum Gasteiger partial charge on any atom is 0.203 e. The Bertz CT molecular complexity index is 522. The number of hydrogen-bond donors (Lipinski definition) is 1. The van der Waals surface area contributed by atoms with E-state index < -0.39 is 0 Å². The van der Waals surface area contributed by atoms with Gasteiger partial charge in [0, 0.05) is 24.0 Å². The van der Waals surface area contributed by atoms with E-state index in [-0.39, 0.29) is 6.04 Å². The summed E-state index contributed by atoms with van der Waals surface area (Å²) in [7, 11) is 0. The van der Waals surface area contributed by atoms with Crippen LogP contribution in [0.2, 0.25) is 5.02 Å². The summed E-state index contributed by atoms with van der Waals surface area (Å²) >= 11 is 6.22. The summed E-state index contributed by atoms with van der Waals surface area (Å²) in [5.41, 5.74) is 1.09. The minimum absolute atomic E-state index is 0.136. The molecule has 4 heteroatoms. The number of unbranched alkanes of at least 4 members (excludes halogenated alkanes) is 1. The van der Waals surface area contributed by atoms with Gasteiger partial charge in [0.15, 0.2) is 0 Å². The third kappa shape index (κ3) is 3.51. The molecule has 19 heavy (non-hydrogen) atoms. The Morgan fingerprint density at radius 1 is 1.37 bits per heavy atom. The minimum atomic E-state index is 0.136. The molecule has 102 valence electrons. The lowest BCUT2D eigenvalue weighted by molar-refractivity contribution is 0.631. The van der Waals surface area contributed by atoms with Crippen molar-refractivity contribution in [2.75, 3.05) is 5.32 Å². The van der Waals surface area contributed by atoms with Crippen molar-refractivity contribution in [2.24, 2.45) is 0 Å². The highest BCUT2D eigenvalue weighted by molar-refractivity contribution is 6.31. The molecule has 1 N–H and O–H groups in total. The molecule has 0 spiro atoms. The monoisotopic (exact) mass is 277 g/mol. The zero-order chi connectivity index (χ0) is 13.7. The smallest absolute Gasteiger partial charge is 0.203 e. The highest BCUT2D eigenvalue weighted by Crippen LogP contribution is 2.25. The second-order valence-electron chi connectivity index (χ2n) is 4.69. The molecule has 0 saturated heterocycles. The molecule has 0 aliphatic carbocycles. The zero-order valence-electron chi connectivity index (χ0n) is 11.4. The van der Waals surface area contributed by atoms with Crippen LogP contribution in [0.1, 0.15) is 38.3 Å². The first-order chi connectivity index (χ1) is 9.22. The number of aryl methyl sites for hydroxylation is 1. The number of rotatable bonds is 6. The summed E-state index contributed by atoms with van der Waals surface area (Å²) in [6.45, 7) is 5.28. The molecular formula is C15H20ClN3. The second-order valence-corrected chi connectivity index (χ2v) is 5.09. The van der Waals surface area contributed by atoms with Crippen LogP contribution < -0.4 is 5.32 Å². The first-order valence-corrected chi connectivity index (χ1v) is 7.12. The van der Waals surface area contributed by atoms with Crippen LogP contribution in [0, 0.1) is 0 Å². The number of anilines is 1. The van der Waals surface area contributed by atoms with Crippen LogP contribution in [-0.4, -0.2) is 9.55 Å². The molecule has 0 fully saturated rings. The molecular weight excluding hydrogens is 258 g/mol. The van der Waals surface area contributed by atoms with E-state index in [0.29, 0.717) is 0 Å². The number of nitrogens with one attached hydrogen (secondary N) is 1. The van der Waals surface area contributed by atoms with Crippen molar-refractivity contribution in [2.45, 2.75) is 39.3 Å². The van der Waals surface area contributed by atoms with E-state index in [0.717, 1.165) is 29.5 Å². The van der Waals surface area contributed by atoms with Gasteiger partial charge in [-0.1, -0.05) is 43.1 Å². The first-order valence-electron chi connectivity index (χ1n) is 6.74. The normalized spacial score (nSPS) is 12.4. The lowest BCUT2D eigenvalue weighted by Crippen LogP contribution is -2.12. The van der Waals surface area contributed by atoms with Crippen LogP contribution in [0.25, 0.3) is 0 Å². The molecule has 0 saturated carbocycles. The standard InChI is InChI=1S/C15H20ClN3/c1-3-4-10-19-11-9-17-15(19)18-12(2)13-7-5-6-8-14(13)16/h5-9,11-12H,3-4,10H2,1-2H3,(H,17,18). The second kappa shape index (κ2) is 6.62. The topological polar surface area (TPSA) is 29.9 Å². The van der Waals surface area contributed by atoms with Gasteiger partial charge in [0.25, 0.3) is 0 Å². The molecule has 2 aromatic rings. The molecule has 0 amide bonds. The summed E-state index contributed by atoms with van der Waals surface area (Å²) in [5.74, 6) is 0.904. The quantitative estimate of drug-likeness (QED) is 0.842. The number of halogens is 1. The Morgan fingerprint density at radius 3 is 2.89 bits per heavy atom. The molecule has 0 radical (unpaired) electrons. The van der Waals surface area contributed by atoms with E-state index >= 15 is 0 Å². The molecule has 1 aromatic heterocycles. The van der Waals surface area contributed by atoms with Crippen LogP contribution in [0.5, 0.6) is 0 Å². The van der Waals surface area contributed by atoms with Crippen LogP contribution in [0.4, 0.5) is 5.95 Å². The van der Waals surface area contributed by atoms with Gasteiger partial charge in [-0.25, -0.2) is 4.98 Å². The Labute approximate surface area is 119 Å². The van der Waals surface area contributed by atoms with Crippen LogP contribution in [0.15, 0.2) is 36.7 Å². The summed E-state index contributed by atoms with van der Waals surface area (Å²) in [6, 6.07) is 8.04. The van der Waals surface area contributed by atoms with Crippen molar-refractivity contribution in [3.63, 3.8) is 0 Å². The summed E-state index contributed by atoms with van der Waals surface area (Å²) in [6.07, 6.45) is 6.18. The molecule has 0 aliphatic heterocycles. The van der Waals surface area contributed by atoms with E-state index in [2.05, 4.69) is 28.7 Å². The zero-order valence-corrected chi connectivity index (χ0v) is 12.2. The Kier molecular flexibility index (Phi) is 4.86. The molecule has 1 unspecified atom stereocenters. The molecule has 1 aromatic carbocycles. The third-order valence-corrected chi connectivity index (χ3v) is 3.53. The van der Waals surface area contributed by atoms with Gasteiger partial charge in [0.05, 0.1) is 6.04 Å². The highest BCUT2D eigenvalue weighted by Gasteiger charge is 2.11. The summed E-state index contributed by atoms with van der Waals surface area (Å²) < 4.78 is 2.15. The van der Waals surface area contributed by atoms with Gasteiger partial charge in [-0.3, -0.25) is 0 Å². The molecule has 1 heterocycles. The van der Waals surface area contributed by atoms with Crippen LogP contribution >= 0.6 is 11.6 Å². The van der Waals surface area contributed by atoms with E-state index in [4.69, 9.17) is 11.6 Å². The third-order valence-electron chi connectivity index (χ3n) is 3.19. The molecule has 1 atom stereocenters. The van der Waals surface area contributed by atoms with Crippen molar-refractivity contribution in [1.82, 2.24) is 9.55 Å². The van der Waals surface area contributed by atoms with Gasteiger partial charge >= 0.3 is 0 Å². The lowest BCUT2D eigenvalue weighted by atomic mass is 10.1. The first kappa shape index (κ1) is 13.9. The number of hydrogen-bond acceptors (Lipinski definition) is 2. The van der Waals surface area contributed by atoms with Crippen molar-refractivity contribution in [3.05, 3.63) is 47.2 Å². The maximum atomic E-state index is 6.22. The van der Waals surface area contributed by atoms with Gasteiger partial charge in [-0.15, -0.1) is 0 Å². The van der Waals surface area contributed by atoms with Gasteiger partial charge in [-0.2, -0.15) is 0 Å². The van der Waals surface area contributed by atoms with Gasteiger partial charge in [0.2, 0.25) is 5.95 Å². The average Bonchev–Trinajstić information content (AvgIpc) is 2.84. The molecule has 3 nitrogen and oxygen atoms in total. The SMILES string of the molecule is CCCCn1ccnc1NC(C)c1ccccc1Cl. The highest BCUT2D eigenvalue weighted by atomic mass is 35.5. The molecule has 2 rings (SSSR count). The van der Waals surface area contributed by atoms with E-state index in [9.17, 15) is 0 Å². The maximum absolute atomic E-state index is 6.22. The largest absolute Gasteiger partial charge is 0.349 e. The number of nitrogens with zero attached hydrogens (tertiary/aromatic N) is 2. The van der Waals surface area contributed by atoms with Gasteiger partial charge < -0.3 is 9.88 Å². The summed E-state index contributed by atoms with van der Waals surface area (Å²) in [4.78, 5) is 4.37. The fourth-order valence-electron chi connectivity index (χ4n) is 2.06. The lowest BCUT2D eigenvalue weighted by Gasteiger charge is -2.17. The van der Waals surface area contributed by atoms with Crippen LogP contribution in [-0.2, 0) is 6.54 Å². The number of benzene rings is 1. The Morgan fingerprint density at radius 2 is 2.16 bits per heavy atom. The van der Waals surface area contributed by atoms with Crippen LogP contribution in [0.3, 0.4) is 0 Å². The summed E-state index contributed by atoms with van der Waals surface area (Å²) in [5, 5.41) is 4.21.